The summed E-state index contributed by atoms with van der Waals surface area (Å²) >= 11 is 1.38. The summed E-state index contributed by atoms with van der Waals surface area (Å²) in [6, 6.07) is 10.1. The summed E-state index contributed by atoms with van der Waals surface area (Å²) in [5.74, 6) is 0.772. The van der Waals surface area contributed by atoms with Crippen LogP contribution in [0.3, 0.4) is 0 Å². The van der Waals surface area contributed by atoms with Gasteiger partial charge in [-0.05, 0) is 24.3 Å². The van der Waals surface area contributed by atoms with Crippen LogP contribution in [0.25, 0.3) is 10.9 Å². The van der Waals surface area contributed by atoms with E-state index in [1.54, 1.807) is 13.1 Å². The number of fused-ring (bicyclic) bond motifs is 2. The van der Waals surface area contributed by atoms with E-state index in [9.17, 15) is 9.18 Å². The molecule has 0 amide bonds. The second kappa shape index (κ2) is 6.50. The molecule has 0 aliphatic carbocycles. The van der Waals surface area contributed by atoms with Crippen LogP contribution in [-0.2, 0) is 24.1 Å². The summed E-state index contributed by atoms with van der Waals surface area (Å²) in [5, 5.41) is 1.16. The summed E-state index contributed by atoms with van der Waals surface area (Å²) in [6.45, 7) is 0.487. The van der Waals surface area contributed by atoms with Gasteiger partial charge < -0.3 is 9.47 Å². The summed E-state index contributed by atoms with van der Waals surface area (Å²) in [4.78, 5) is 17.0. The second-order valence-electron chi connectivity index (χ2n) is 5.73. The first-order chi connectivity index (χ1) is 12.1. The molecule has 3 aromatic rings. The fraction of sp³-hybridized carbons (Fsp3) is 0.222. The zero-order valence-corrected chi connectivity index (χ0v) is 14.3. The van der Waals surface area contributed by atoms with Gasteiger partial charge in [0.1, 0.15) is 11.6 Å². The average molecular weight is 358 g/mol. The van der Waals surface area contributed by atoms with Crippen molar-refractivity contribution < 1.29 is 13.9 Å². The van der Waals surface area contributed by atoms with E-state index in [1.807, 2.05) is 18.2 Å². The van der Waals surface area contributed by atoms with E-state index < -0.39 is 0 Å². The van der Waals surface area contributed by atoms with E-state index in [0.717, 1.165) is 5.56 Å². The molecule has 0 unspecified atom stereocenters. The third-order valence-corrected chi connectivity index (χ3v) is 5.13. The average Bonchev–Trinajstić information content (AvgIpc) is 2.63. The number of benzene rings is 2. The minimum Gasteiger partial charge on any atom is -0.467 e. The van der Waals surface area contributed by atoms with Gasteiger partial charge in [-0.25, -0.2) is 9.37 Å². The number of ether oxygens (including phenoxy) is 2. The summed E-state index contributed by atoms with van der Waals surface area (Å²) in [6.07, 6.45) is 0. The van der Waals surface area contributed by atoms with E-state index >= 15 is 0 Å². The minimum absolute atomic E-state index is 0.0981. The van der Waals surface area contributed by atoms with Crippen LogP contribution in [-0.4, -0.2) is 16.3 Å². The molecule has 1 aliphatic rings. The van der Waals surface area contributed by atoms with Crippen LogP contribution in [0.2, 0.25) is 0 Å². The van der Waals surface area contributed by atoms with Gasteiger partial charge in [-0.15, -0.1) is 0 Å². The van der Waals surface area contributed by atoms with Gasteiger partial charge in [-0.1, -0.05) is 23.9 Å². The van der Waals surface area contributed by atoms with Crippen molar-refractivity contribution in [1.29, 1.82) is 0 Å². The van der Waals surface area contributed by atoms with Gasteiger partial charge in [0.15, 0.2) is 11.9 Å². The molecule has 2 heterocycles. The number of halogens is 1. The maximum Gasteiger partial charge on any atom is 0.261 e. The van der Waals surface area contributed by atoms with E-state index in [1.165, 1.54) is 28.5 Å². The van der Waals surface area contributed by atoms with E-state index in [0.29, 0.717) is 39.7 Å². The SMILES string of the molecule is Cn1c(SCc2cc(F)cc3c2OCOC3)nc2ccccc2c1=O. The molecule has 128 valence electrons. The van der Waals surface area contributed by atoms with Crippen molar-refractivity contribution in [2.24, 2.45) is 7.05 Å². The number of hydrogen-bond acceptors (Lipinski definition) is 5. The van der Waals surface area contributed by atoms with E-state index in [4.69, 9.17) is 9.47 Å². The third-order valence-electron chi connectivity index (χ3n) is 4.05. The predicted octanol–water partition coefficient (Wildman–Crippen LogP) is 3.23. The summed E-state index contributed by atoms with van der Waals surface area (Å²) < 4.78 is 26.1. The van der Waals surface area contributed by atoms with Crippen molar-refractivity contribution >= 4 is 22.7 Å². The van der Waals surface area contributed by atoms with Crippen LogP contribution in [0.1, 0.15) is 11.1 Å². The monoisotopic (exact) mass is 358 g/mol. The Bertz CT molecular complexity index is 1020. The predicted molar refractivity (Wildman–Crippen MR) is 93.2 cm³/mol. The number of nitrogens with zero attached hydrogens (tertiary/aromatic N) is 2. The lowest BCUT2D eigenvalue weighted by atomic mass is 10.1. The summed E-state index contributed by atoms with van der Waals surface area (Å²) in [7, 11) is 1.69. The lowest BCUT2D eigenvalue weighted by Crippen LogP contribution is -2.20. The normalized spacial score (nSPS) is 13.5. The van der Waals surface area contributed by atoms with E-state index in [-0.39, 0.29) is 18.2 Å². The smallest absolute Gasteiger partial charge is 0.261 e. The van der Waals surface area contributed by atoms with Crippen LogP contribution in [0.15, 0.2) is 46.3 Å². The van der Waals surface area contributed by atoms with Crippen LogP contribution in [0, 0.1) is 5.82 Å². The number of hydrogen-bond donors (Lipinski definition) is 0. The number of para-hydroxylation sites is 1. The molecule has 5 nitrogen and oxygen atoms in total. The molecule has 0 N–H and O–H groups in total. The van der Waals surface area contributed by atoms with E-state index in [2.05, 4.69) is 4.98 Å². The molecule has 1 aromatic heterocycles. The highest BCUT2D eigenvalue weighted by atomic mass is 32.2. The topological polar surface area (TPSA) is 53.4 Å². The molecule has 0 atom stereocenters. The Labute approximate surface area is 147 Å². The fourth-order valence-electron chi connectivity index (χ4n) is 2.83. The Hall–Kier alpha value is -2.38. The Morgan fingerprint density at radius 3 is 3.04 bits per heavy atom. The molecular formula is C18H15FN2O3S. The van der Waals surface area contributed by atoms with Gasteiger partial charge in [0, 0.05) is 23.9 Å². The molecule has 0 saturated carbocycles. The van der Waals surface area contributed by atoms with Gasteiger partial charge >= 0.3 is 0 Å². The van der Waals surface area contributed by atoms with Crippen molar-refractivity contribution in [3.8, 4) is 5.75 Å². The molecular weight excluding hydrogens is 343 g/mol. The van der Waals surface area contributed by atoms with Crippen LogP contribution in [0.4, 0.5) is 4.39 Å². The molecule has 1 aliphatic heterocycles. The number of rotatable bonds is 3. The zero-order valence-electron chi connectivity index (χ0n) is 13.5. The van der Waals surface area contributed by atoms with Crippen LogP contribution in [0.5, 0.6) is 5.75 Å². The van der Waals surface area contributed by atoms with Crippen molar-refractivity contribution in [2.75, 3.05) is 6.79 Å². The molecule has 7 heteroatoms. The molecule has 0 saturated heterocycles. The van der Waals surface area contributed by atoms with Gasteiger partial charge in [0.05, 0.1) is 17.5 Å². The fourth-order valence-corrected chi connectivity index (χ4v) is 3.77. The minimum atomic E-state index is -0.330. The zero-order chi connectivity index (χ0) is 17.4. The van der Waals surface area contributed by atoms with Crippen LogP contribution >= 0.6 is 11.8 Å². The number of aromatic nitrogens is 2. The van der Waals surface area contributed by atoms with Crippen molar-refractivity contribution in [1.82, 2.24) is 9.55 Å². The number of thioether (sulfide) groups is 1. The van der Waals surface area contributed by atoms with Gasteiger partial charge in [0.25, 0.3) is 5.56 Å². The molecule has 4 rings (SSSR count). The Morgan fingerprint density at radius 1 is 1.32 bits per heavy atom. The third kappa shape index (κ3) is 3.01. The molecule has 25 heavy (non-hydrogen) atoms. The first kappa shape index (κ1) is 16.1. The first-order valence-corrected chi connectivity index (χ1v) is 8.72. The first-order valence-electron chi connectivity index (χ1n) is 7.74. The highest BCUT2D eigenvalue weighted by Gasteiger charge is 2.18. The Kier molecular flexibility index (Phi) is 4.19. The molecule has 2 aromatic carbocycles. The Morgan fingerprint density at radius 2 is 2.16 bits per heavy atom. The maximum atomic E-state index is 13.8. The van der Waals surface area contributed by atoms with Gasteiger partial charge in [-0.3, -0.25) is 9.36 Å². The molecule has 0 fully saturated rings. The van der Waals surface area contributed by atoms with Gasteiger partial charge in [-0.2, -0.15) is 0 Å². The quantitative estimate of drug-likeness (QED) is 0.531. The summed E-state index contributed by atoms with van der Waals surface area (Å²) in [5.41, 5.74) is 1.98. The van der Waals surface area contributed by atoms with Crippen molar-refractivity contribution in [3.63, 3.8) is 0 Å². The highest BCUT2D eigenvalue weighted by molar-refractivity contribution is 7.98. The van der Waals surface area contributed by atoms with Crippen molar-refractivity contribution in [3.05, 3.63) is 63.7 Å². The van der Waals surface area contributed by atoms with Crippen molar-refractivity contribution in [2.45, 2.75) is 17.5 Å². The molecule has 0 spiro atoms. The largest absolute Gasteiger partial charge is 0.467 e. The lowest BCUT2D eigenvalue weighted by Gasteiger charge is -2.20. The maximum absolute atomic E-state index is 13.8. The standard InChI is InChI=1S/C18H15FN2O3S/c1-21-17(22)14-4-2-3-5-15(14)20-18(21)25-9-12-7-13(19)6-11-8-23-10-24-16(11)12/h2-7H,8-10H2,1H3. The Balaban J connectivity index is 1.68. The lowest BCUT2D eigenvalue weighted by molar-refractivity contribution is -0.0171. The second-order valence-corrected chi connectivity index (χ2v) is 6.67. The van der Waals surface area contributed by atoms with Gasteiger partial charge in [0.2, 0.25) is 0 Å². The molecule has 0 bridgehead atoms. The highest BCUT2D eigenvalue weighted by Crippen LogP contribution is 2.33. The van der Waals surface area contributed by atoms with Crippen LogP contribution < -0.4 is 10.3 Å². The molecule has 0 radical (unpaired) electrons.